The standard InChI is InChI=1S/C81H132N22O18/c1-49(2)41-60-74(117)95-56(32-25-39-89-78(85)86)70(113)100-63(46-66(108)109)76(119)101-80(6,77(84)120)36-22-13-11-9-8-10-12-14-23-37-81(7,121-48-91-59(43-52-27-17-15-18-28-52)72(115)99-62(44-53-29-19-16-20-30-53)73(116)92-51(5)67(110)97-60)103-102-58(33-26-40-90-79(87)88)71(114)94-55(31-21-24-38-82)69(112)98-61(42-50(3)4)75(118)96-57(34-35-65(106)107)68(111)93-54(47-104)45-64(83)105/h9,11,15-20,27-30,47,49-51,54-63,91,102-103H,8,10,12-14,21-26,31-46,48,82H2,1-7H3,(H2,83,105)(H2,84,120)(H,92,116)(H,93,111)(H,94,114)(H,95,117)(H,96,118)(H,97,110)(H,98,112)(H,99,115)(H,100,113)(H,101,119)(H,106,107)(H,108,109)(H4,85,86,89)(H4,87,88,90)/t51-,54-,55-,56-,57-,58-,59-,60-,61-,62-,63-,80?,81?/m0/s1. The molecule has 1 aliphatic heterocycles. The number of nitrogens with one attached hydrogen (secondary N) is 13. The number of unbranched alkanes of at least 4 members (excludes halogenated alkanes) is 1. The second kappa shape index (κ2) is 55.6. The van der Waals surface area contributed by atoms with Crippen molar-refractivity contribution in [3.8, 4) is 0 Å². The van der Waals surface area contributed by atoms with E-state index in [-0.39, 0.29) is 127 Å². The smallest absolute Gasteiger partial charge is 0.305 e. The lowest BCUT2D eigenvalue weighted by atomic mass is 9.93. The highest BCUT2D eigenvalue weighted by atomic mass is 16.5. The third-order valence-corrected chi connectivity index (χ3v) is 19.7. The van der Waals surface area contributed by atoms with Crippen molar-refractivity contribution in [1.82, 2.24) is 69.3 Å². The fraction of sp³-hybridized carbons (Fsp3) is 0.617. The summed E-state index contributed by atoms with van der Waals surface area (Å²) < 4.78 is 6.73. The molecular formula is C81H132N22O18. The quantitative estimate of drug-likeness (QED) is 0.00870. The van der Waals surface area contributed by atoms with Gasteiger partial charge in [-0.3, -0.25) is 82.4 Å². The Morgan fingerprint density at radius 3 is 1.64 bits per heavy atom. The maximum atomic E-state index is 15.1. The molecular weight excluding hydrogens is 1570 g/mol. The number of benzene rings is 2. The minimum Gasteiger partial charge on any atom is -0.481 e. The molecule has 0 fully saturated rings. The molecule has 0 bridgehead atoms. The van der Waals surface area contributed by atoms with Gasteiger partial charge >= 0.3 is 11.9 Å². The maximum absolute atomic E-state index is 15.1. The van der Waals surface area contributed by atoms with Crippen LogP contribution in [0.25, 0.3) is 0 Å². The average Bonchev–Trinajstić information content (AvgIpc) is 0.854. The molecule has 13 atom stereocenters. The Kier molecular flexibility index (Phi) is 47.7. The van der Waals surface area contributed by atoms with E-state index in [4.69, 9.17) is 44.9 Å². The molecule has 2 unspecified atom stereocenters. The van der Waals surface area contributed by atoms with Crippen LogP contribution in [-0.4, -0.2) is 215 Å². The Bertz CT molecular complexity index is 3770. The van der Waals surface area contributed by atoms with Gasteiger partial charge in [-0.15, -0.1) is 0 Å². The highest BCUT2D eigenvalue weighted by Gasteiger charge is 2.40. The number of aliphatic carboxylic acids is 2. The van der Waals surface area contributed by atoms with E-state index in [9.17, 15) is 77.3 Å². The van der Waals surface area contributed by atoms with Crippen LogP contribution >= 0.6 is 0 Å². The fourth-order valence-corrected chi connectivity index (χ4v) is 12.9. The van der Waals surface area contributed by atoms with Crippen LogP contribution in [0, 0.1) is 11.8 Å². The van der Waals surface area contributed by atoms with Crippen molar-refractivity contribution in [2.45, 2.75) is 280 Å². The first-order chi connectivity index (χ1) is 57.3. The highest BCUT2D eigenvalue weighted by Crippen LogP contribution is 2.21. The van der Waals surface area contributed by atoms with E-state index in [1.165, 1.54) is 13.8 Å². The van der Waals surface area contributed by atoms with Gasteiger partial charge in [-0.05, 0) is 166 Å². The zero-order valence-electron chi connectivity index (χ0n) is 70.7. The Morgan fingerprint density at radius 1 is 0.554 bits per heavy atom. The monoisotopic (exact) mass is 1700 g/mol. The molecule has 2 aromatic rings. The molecule has 3 rings (SSSR count). The van der Waals surface area contributed by atoms with Crippen LogP contribution in [0.1, 0.15) is 201 Å². The number of aliphatic imine (C=N–C) groups is 2. The molecule has 29 N–H and O–H groups in total. The van der Waals surface area contributed by atoms with Crippen LogP contribution < -0.4 is 109 Å². The number of aldehydes is 1. The first-order valence-electron chi connectivity index (χ1n) is 41.2. The minimum atomic E-state index is -1.81. The summed E-state index contributed by atoms with van der Waals surface area (Å²) in [5.41, 5.74) is 44.1. The summed E-state index contributed by atoms with van der Waals surface area (Å²) in [5.74, 6) is -14.4. The summed E-state index contributed by atoms with van der Waals surface area (Å²) in [6, 6.07) is 2.26. The summed E-state index contributed by atoms with van der Waals surface area (Å²) in [6.45, 7) is 11.4. The molecule has 40 nitrogen and oxygen atoms in total. The first-order valence-corrected chi connectivity index (χ1v) is 41.2. The molecule has 1 heterocycles. The van der Waals surface area contributed by atoms with Gasteiger partial charge in [-0.2, -0.15) is 0 Å². The molecule has 121 heavy (non-hydrogen) atoms. The Balaban J connectivity index is 2.20. The van der Waals surface area contributed by atoms with Gasteiger partial charge in [0.05, 0.1) is 31.7 Å². The van der Waals surface area contributed by atoms with E-state index in [0.29, 0.717) is 68.9 Å². The van der Waals surface area contributed by atoms with Crippen LogP contribution in [-0.2, 0) is 89.5 Å². The van der Waals surface area contributed by atoms with Gasteiger partial charge in [-0.25, -0.2) is 10.9 Å². The van der Waals surface area contributed by atoms with E-state index in [1.807, 2.05) is 12.2 Å². The van der Waals surface area contributed by atoms with Crippen molar-refractivity contribution in [2.24, 2.45) is 62.0 Å². The topological polar surface area (TPSA) is 669 Å². The number of hydrogen-bond donors (Lipinski definition) is 22. The van der Waals surface area contributed by atoms with Gasteiger partial charge in [-0.1, -0.05) is 113 Å². The predicted octanol–water partition coefficient (Wildman–Crippen LogP) is -1.85. The second-order valence-electron chi connectivity index (χ2n) is 31.5. The normalized spacial score (nSPS) is 21.9. The van der Waals surface area contributed by atoms with Crippen LogP contribution in [0.3, 0.4) is 0 Å². The molecule has 12 amide bonds. The fourth-order valence-electron chi connectivity index (χ4n) is 12.9. The van der Waals surface area contributed by atoms with Crippen LogP contribution in [0.2, 0.25) is 0 Å². The SMILES string of the molecule is CC(C)C[C@@H]1NC(=O)[C@H](C)NC(=O)[C@H](Cc2ccccc2)NC(=O)[C@H](Cc2ccccc2)NCOC(C)(NN[C@@H](CCCN=C(N)N)C(=O)N[C@@H](CCCCN)C(=O)N[C@@H](CC(C)C)C(=O)N[C@@H](CCC(=O)O)C(=O)N[C@H](C=O)CC(N)=O)CCCCCCC=CCCCC(C)(C(N)=O)NC(=O)[C@H](CC(=O)O)NC(=O)[C@H](CCCN=C(N)N)NC1=O. The van der Waals surface area contributed by atoms with Crippen LogP contribution in [0.5, 0.6) is 0 Å². The molecule has 2 aromatic carbocycles. The molecule has 1 aliphatic rings. The van der Waals surface area contributed by atoms with Gasteiger partial charge < -0.3 is 113 Å². The number of ether oxygens (including phenoxy) is 1. The lowest BCUT2D eigenvalue weighted by Gasteiger charge is -2.34. The number of carboxylic acid groups (broad SMARTS) is 2. The van der Waals surface area contributed by atoms with E-state index < -0.39 is 186 Å². The number of guanidine groups is 2. The molecule has 0 aromatic heterocycles. The molecule has 0 radical (unpaired) electrons. The van der Waals surface area contributed by atoms with E-state index in [0.717, 1.165) is 0 Å². The number of amides is 12. The summed E-state index contributed by atoms with van der Waals surface area (Å²) >= 11 is 0. The summed E-state index contributed by atoms with van der Waals surface area (Å²) in [7, 11) is 0. The summed E-state index contributed by atoms with van der Waals surface area (Å²) in [5, 5.41) is 49.0. The van der Waals surface area contributed by atoms with E-state index in [1.54, 1.807) is 95.3 Å². The Hall–Kier alpha value is -11.2. The number of nitrogens with zero attached hydrogens (tertiary/aromatic N) is 2. The van der Waals surface area contributed by atoms with Gasteiger partial charge in [0.2, 0.25) is 70.9 Å². The first kappa shape index (κ1) is 104. The summed E-state index contributed by atoms with van der Waals surface area (Å²) in [4.78, 5) is 213. The molecule has 0 aliphatic carbocycles. The zero-order chi connectivity index (χ0) is 90.2. The van der Waals surface area contributed by atoms with Gasteiger partial charge in [0.15, 0.2) is 11.9 Å². The van der Waals surface area contributed by atoms with Crippen molar-refractivity contribution in [3.05, 3.63) is 83.9 Å². The molecule has 40 heteroatoms. The van der Waals surface area contributed by atoms with Crippen molar-refractivity contribution in [2.75, 3.05) is 26.4 Å². The van der Waals surface area contributed by atoms with Crippen molar-refractivity contribution >= 4 is 101 Å². The number of primary amides is 2. The lowest BCUT2D eigenvalue weighted by Crippen LogP contribution is -2.62. The minimum absolute atomic E-state index is 0.00509. The largest absolute Gasteiger partial charge is 0.481 e. The number of allylic oxidation sites excluding steroid dienone is 2. The molecule has 0 saturated carbocycles. The maximum Gasteiger partial charge on any atom is 0.305 e. The number of hydrogen-bond acceptors (Lipinski definition) is 22. The van der Waals surface area contributed by atoms with Crippen LogP contribution in [0.4, 0.5) is 0 Å². The van der Waals surface area contributed by atoms with E-state index in [2.05, 4.69) is 79.3 Å². The predicted molar refractivity (Wildman–Crippen MR) is 452 cm³/mol. The number of rotatable bonds is 40. The number of hydrazine groups is 1. The average molecular weight is 1700 g/mol. The van der Waals surface area contributed by atoms with Gasteiger partial charge in [0, 0.05) is 25.9 Å². The third-order valence-electron chi connectivity index (χ3n) is 19.7. The van der Waals surface area contributed by atoms with Crippen molar-refractivity contribution in [1.29, 1.82) is 0 Å². The van der Waals surface area contributed by atoms with Crippen molar-refractivity contribution in [3.63, 3.8) is 0 Å². The van der Waals surface area contributed by atoms with Crippen LogP contribution in [0.15, 0.2) is 82.8 Å². The molecule has 674 valence electrons. The summed E-state index contributed by atoms with van der Waals surface area (Å²) in [6.07, 6.45) is 6.47. The third kappa shape index (κ3) is 42.5. The van der Waals surface area contributed by atoms with E-state index >= 15 is 4.79 Å². The Labute approximate surface area is 706 Å². The van der Waals surface area contributed by atoms with Gasteiger partial charge in [0.25, 0.3) is 0 Å². The Morgan fingerprint density at radius 2 is 1.07 bits per heavy atom. The number of carbonyl (C=O) groups excluding carboxylic acids is 13. The number of nitrogens with two attached hydrogens (primary N) is 7. The lowest BCUT2D eigenvalue weighted by molar-refractivity contribution is -0.142. The van der Waals surface area contributed by atoms with Gasteiger partial charge in [0.1, 0.15) is 71.9 Å². The second-order valence-corrected chi connectivity index (χ2v) is 31.5. The zero-order valence-corrected chi connectivity index (χ0v) is 70.7. The number of carbonyl (C=O) groups is 15. The number of carboxylic acids is 2. The molecule has 0 spiro atoms. The van der Waals surface area contributed by atoms with Crippen molar-refractivity contribution < 1.29 is 86.9 Å². The highest BCUT2D eigenvalue weighted by molar-refractivity contribution is 5.99. The molecule has 0 saturated heterocycles.